The molecular weight excluding hydrogens is 288 g/mol. The summed E-state index contributed by atoms with van der Waals surface area (Å²) in [5.41, 5.74) is -0.506. The van der Waals surface area contributed by atoms with Gasteiger partial charge in [0.1, 0.15) is 0 Å². The summed E-state index contributed by atoms with van der Waals surface area (Å²) >= 11 is 0. The van der Waals surface area contributed by atoms with E-state index in [9.17, 15) is 18.0 Å². The summed E-state index contributed by atoms with van der Waals surface area (Å²) in [6, 6.07) is 0. The first-order valence-electron chi connectivity index (χ1n) is 5.78. The molecule has 10 heteroatoms. The Balaban J connectivity index is 2.47. The third-order valence-electron chi connectivity index (χ3n) is 3.02. The molecule has 9 nitrogen and oxygen atoms in total. The first-order chi connectivity index (χ1) is 9.22. The second-order valence-electron chi connectivity index (χ2n) is 4.46. The van der Waals surface area contributed by atoms with Crippen molar-refractivity contribution in [2.24, 2.45) is 14.1 Å². The van der Waals surface area contributed by atoms with E-state index in [-0.39, 0.29) is 24.1 Å². The lowest BCUT2D eigenvalue weighted by Crippen LogP contribution is -2.37. The SMILES string of the molecule is Cn1c(=O)c2c(ncn2CCCS(=O)(=O)O)n(C)c1=O. The number of fused-ring (bicyclic) bond motifs is 1. The Morgan fingerprint density at radius 1 is 1.25 bits per heavy atom. The highest BCUT2D eigenvalue weighted by Gasteiger charge is 2.14. The van der Waals surface area contributed by atoms with Crippen molar-refractivity contribution in [3.05, 3.63) is 27.2 Å². The van der Waals surface area contributed by atoms with Crippen molar-refractivity contribution in [2.45, 2.75) is 13.0 Å². The molecule has 110 valence electrons. The zero-order valence-corrected chi connectivity index (χ0v) is 11.8. The highest BCUT2D eigenvalue weighted by molar-refractivity contribution is 7.85. The fourth-order valence-corrected chi connectivity index (χ4v) is 2.48. The summed E-state index contributed by atoms with van der Waals surface area (Å²) in [6.07, 6.45) is 1.51. The van der Waals surface area contributed by atoms with E-state index in [0.717, 1.165) is 4.57 Å². The summed E-state index contributed by atoms with van der Waals surface area (Å²) in [5, 5.41) is 0. The molecule has 2 aromatic heterocycles. The van der Waals surface area contributed by atoms with E-state index < -0.39 is 27.1 Å². The van der Waals surface area contributed by atoms with Crippen LogP contribution in [0.5, 0.6) is 0 Å². The van der Waals surface area contributed by atoms with Crippen LogP contribution in [0.1, 0.15) is 6.42 Å². The number of aryl methyl sites for hydroxylation is 2. The number of aromatic nitrogens is 4. The summed E-state index contributed by atoms with van der Waals surface area (Å²) in [7, 11) is -1.18. The Bertz CT molecular complexity index is 873. The standard InChI is InChI=1S/C10H14N4O5S/c1-12-8-7(9(15)13(2)10(12)16)14(6-11-8)4-3-5-20(17,18)19/h6H,3-5H2,1-2H3,(H,17,18,19). The predicted molar refractivity (Wildman–Crippen MR) is 71.2 cm³/mol. The maximum Gasteiger partial charge on any atom is 0.332 e. The monoisotopic (exact) mass is 302 g/mol. The fourth-order valence-electron chi connectivity index (χ4n) is 1.98. The van der Waals surface area contributed by atoms with Gasteiger partial charge in [-0.3, -0.25) is 18.5 Å². The predicted octanol–water partition coefficient (Wildman–Crippen LogP) is -1.29. The quantitative estimate of drug-likeness (QED) is 0.703. The van der Waals surface area contributed by atoms with Gasteiger partial charge in [-0.2, -0.15) is 8.42 Å². The first-order valence-corrected chi connectivity index (χ1v) is 7.39. The highest BCUT2D eigenvalue weighted by atomic mass is 32.2. The summed E-state index contributed by atoms with van der Waals surface area (Å²) < 4.78 is 33.7. The van der Waals surface area contributed by atoms with Crippen LogP contribution >= 0.6 is 0 Å². The maximum absolute atomic E-state index is 12.1. The van der Waals surface area contributed by atoms with Gasteiger partial charge in [-0.25, -0.2) is 9.78 Å². The number of hydrogen-bond acceptors (Lipinski definition) is 5. The number of rotatable bonds is 4. The second kappa shape index (κ2) is 4.87. The molecule has 2 rings (SSSR count). The van der Waals surface area contributed by atoms with E-state index in [2.05, 4.69) is 4.98 Å². The van der Waals surface area contributed by atoms with Gasteiger partial charge >= 0.3 is 5.69 Å². The molecule has 0 aliphatic carbocycles. The van der Waals surface area contributed by atoms with Crippen molar-refractivity contribution in [3.63, 3.8) is 0 Å². The van der Waals surface area contributed by atoms with E-state index >= 15 is 0 Å². The lowest BCUT2D eigenvalue weighted by molar-refractivity contribution is 0.478. The van der Waals surface area contributed by atoms with Gasteiger partial charge in [-0.15, -0.1) is 0 Å². The molecular formula is C10H14N4O5S. The van der Waals surface area contributed by atoms with Crippen molar-refractivity contribution in [3.8, 4) is 0 Å². The van der Waals surface area contributed by atoms with Crippen LogP contribution in [0.15, 0.2) is 15.9 Å². The van der Waals surface area contributed by atoms with Crippen molar-refractivity contribution >= 4 is 21.3 Å². The Hall–Kier alpha value is -1.94. The normalized spacial score (nSPS) is 12.2. The largest absolute Gasteiger partial charge is 0.332 e. The van der Waals surface area contributed by atoms with Crippen LogP contribution in [0.25, 0.3) is 11.2 Å². The van der Waals surface area contributed by atoms with Crippen LogP contribution in [0.4, 0.5) is 0 Å². The minimum Gasteiger partial charge on any atom is -0.325 e. The van der Waals surface area contributed by atoms with Crippen molar-refractivity contribution < 1.29 is 13.0 Å². The van der Waals surface area contributed by atoms with Crippen molar-refractivity contribution in [1.29, 1.82) is 0 Å². The molecule has 0 aliphatic rings. The molecule has 0 saturated heterocycles. The molecule has 0 fully saturated rings. The molecule has 0 atom stereocenters. The summed E-state index contributed by atoms with van der Waals surface area (Å²) in [5.74, 6) is -0.404. The van der Waals surface area contributed by atoms with E-state index in [1.807, 2.05) is 0 Å². The zero-order chi connectivity index (χ0) is 15.1. The fraction of sp³-hybridized carbons (Fsp3) is 0.500. The molecule has 2 aromatic rings. The van der Waals surface area contributed by atoms with Gasteiger partial charge in [0.15, 0.2) is 11.2 Å². The number of nitrogens with zero attached hydrogens (tertiary/aromatic N) is 4. The minimum absolute atomic E-state index is 0.135. The Morgan fingerprint density at radius 2 is 1.90 bits per heavy atom. The Morgan fingerprint density at radius 3 is 2.50 bits per heavy atom. The minimum atomic E-state index is -4.04. The Kier molecular flexibility index (Phi) is 3.52. The van der Waals surface area contributed by atoms with Crippen LogP contribution in [0, 0.1) is 0 Å². The zero-order valence-electron chi connectivity index (χ0n) is 11.0. The molecule has 0 aliphatic heterocycles. The first kappa shape index (κ1) is 14.5. The molecule has 0 unspecified atom stereocenters. The second-order valence-corrected chi connectivity index (χ2v) is 6.03. The van der Waals surface area contributed by atoms with Gasteiger partial charge in [-0.1, -0.05) is 0 Å². The van der Waals surface area contributed by atoms with Crippen LogP contribution in [0.2, 0.25) is 0 Å². The average molecular weight is 302 g/mol. The average Bonchev–Trinajstić information content (AvgIpc) is 2.76. The van der Waals surface area contributed by atoms with Gasteiger partial charge in [0.05, 0.1) is 12.1 Å². The van der Waals surface area contributed by atoms with Gasteiger partial charge in [0.2, 0.25) is 0 Å². The van der Waals surface area contributed by atoms with Gasteiger partial charge in [0.25, 0.3) is 15.7 Å². The highest BCUT2D eigenvalue weighted by Crippen LogP contribution is 2.06. The topological polar surface area (TPSA) is 116 Å². The number of hydrogen-bond donors (Lipinski definition) is 1. The molecule has 2 heterocycles. The lowest BCUT2D eigenvalue weighted by Gasteiger charge is -2.06. The molecule has 0 aromatic carbocycles. The van der Waals surface area contributed by atoms with Gasteiger partial charge in [0, 0.05) is 20.6 Å². The summed E-state index contributed by atoms with van der Waals surface area (Å²) in [4.78, 5) is 27.8. The Labute approximate surface area is 113 Å². The van der Waals surface area contributed by atoms with Crippen molar-refractivity contribution in [2.75, 3.05) is 5.75 Å². The smallest absolute Gasteiger partial charge is 0.325 e. The van der Waals surface area contributed by atoms with E-state index in [1.165, 1.54) is 29.6 Å². The van der Waals surface area contributed by atoms with Crippen LogP contribution in [-0.4, -0.2) is 37.4 Å². The third-order valence-corrected chi connectivity index (χ3v) is 3.82. The molecule has 0 amide bonds. The maximum atomic E-state index is 12.1. The lowest BCUT2D eigenvalue weighted by atomic mass is 10.4. The van der Waals surface area contributed by atoms with Crippen LogP contribution in [0.3, 0.4) is 0 Å². The molecule has 0 radical (unpaired) electrons. The van der Waals surface area contributed by atoms with Crippen LogP contribution in [-0.2, 0) is 30.8 Å². The van der Waals surface area contributed by atoms with E-state index in [1.54, 1.807) is 0 Å². The van der Waals surface area contributed by atoms with Gasteiger partial charge in [-0.05, 0) is 6.42 Å². The summed E-state index contributed by atoms with van der Waals surface area (Å²) in [6.45, 7) is 0.198. The third kappa shape index (κ3) is 2.51. The van der Waals surface area contributed by atoms with Crippen LogP contribution < -0.4 is 11.2 Å². The van der Waals surface area contributed by atoms with E-state index in [4.69, 9.17) is 4.55 Å². The molecule has 20 heavy (non-hydrogen) atoms. The van der Waals surface area contributed by atoms with Gasteiger partial charge < -0.3 is 4.57 Å². The number of imidazole rings is 1. The molecule has 0 spiro atoms. The molecule has 1 N–H and O–H groups in total. The van der Waals surface area contributed by atoms with Crippen molar-refractivity contribution in [1.82, 2.24) is 18.7 Å². The van der Waals surface area contributed by atoms with E-state index in [0.29, 0.717) is 0 Å². The molecule has 0 saturated carbocycles. The molecule has 0 bridgehead atoms.